The number of hydrogen-bond donors (Lipinski definition) is 1. The van der Waals surface area contributed by atoms with E-state index in [1.165, 1.54) is 12.1 Å². The summed E-state index contributed by atoms with van der Waals surface area (Å²) in [6, 6.07) is 4.50. The van der Waals surface area contributed by atoms with Crippen molar-refractivity contribution in [2.24, 2.45) is 0 Å². The minimum atomic E-state index is -0.347. The predicted octanol–water partition coefficient (Wildman–Crippen LogP) is 2.00. The minimum Gasteiger partial charge on any atom is -0.493 e. The van der Waals surface area contributed by atoms with Crippen LogP contribution in [0.25, 0.3) is 11.3 Å². The molecule has 0 bridgehead atoms. The molecule has 1 aliphatic rings. The Bertz CT molecular complexity index is 551. The van der Waals surface area contributed by atoms with Gasteiger partial charge in [-0.3, -0.25) is 0 Å². The molecule has 0 amide bonds. The third kappa shape index (κ3) is 1.25. The van der Waals surface area contributed by atoms with Crippen molar-refractivity contribution < 1.29 is 13.7 Å². The normalized spacial score (nSPS) is 13.6. The van der Waals surface area contributed by atoms with E-state index >= 15 is 0 Å². The zero-order valence-corrected chi connectivity index (χ0v) is 8.37. The molecule has 1 aliphatic heterocycles. The fourth-order valence-corrected chi connectivity index (χ4v) is 1.92. The molecule has 5 heteroatoms. The van der Waals surface area contributed by atoms with Gasteiger partial charge >= 0.3 is 0 Å². The molecular formula is C11H9FN2O2. The van der Waals surface area contributed by atoms with Gasteiger partial charge in [0.25, 0.3) is 0 Å². The molecule has 0 fully saturated rings. The number of nitrogens with zero attached hydrogens (tertiary/aromatic N) is 1. The number of nitrogens with two attached hydrogens (primary N) is 1. The van der Waals surface area contributed by atoms with Crippen LogP contribution in [-0.2, 0) is 6.42 Å². The average Bonchev–Trinajstić information content (AvgIpc) is 2.86. The Morgan fingerprint density at radius 3 is 3.00 bits per heavy atom. The quantitative estimate of drug-likeness (QED) is 0.798. The lowest BCUT2D eigenvalue weighted by atomic mass is 10.0. The third-order valence-electron chi connectivity index (χ3n) is 2.60. The summed E-state index contributed by atoms with van der Waals surface area (Å²) in [6.45, 7) is 0.565. The maximum absolute atomic E-state index is 13.8. The van der Waals surface area contributed by atoms with Crippen LogP contribution in [0.4, 0.5) is 10.2 Å². The highest BCUT2D eigenvalue weighted by molar-refractivity contribution is 5.68. The van der Waals surface area contributed by atoms with E-state index < -0.39 is 0 Å². The monoisotopic (exact) mass is 220 g/mol. The molecule has 82 valence electrons. The van der Waals surface area contributed by atoms with Crippen LogP contribution in [0, 0.1) is 5.82 Å². The molecule has 1 aromatic carbocycles. The van der Waals surface area contributed by atoms with Gasteiger partial charge in [0.15, 0.2) is 11.6 Å². The van der Waals surface area contributed by atoms with Crippen LogP contribution in [-0.4, -0.2) is 11.8 Å². The van der Waals surface area contributed by atoms with Crippen molar-refractivity contribution in [1.29, 1.82) is 0 Å². The first-order valence-electron chi connectivity index (χ1n) is 4.92. The number of fused-ring (bicyclic) bond motifs is 1. The molecule has 0 unspecified atom stereocenters. The summed E-state index contributed by atoms with van der Waals surface area (Å²) in [5, 5.41) is 3.55. The van der Waals surface area contributed by atoms with E-state index in [4.69, 9.17) is 15.0 Å². The second-order valence-electron chi connectivity index (χ2n) is 3.61. The largest absolute Gasteiger partial charge is 0.493 e. The summed E-state index contributed by atoms with van der Waals surface area (Å²) in [5.74, 6) is 0.940. The number of aromatic nitrogens is 1. The third-order valence-corrected chi connectivity index (χ3v) is 2.60. The lowest BCUT2D eigenvalue weighted by Gasteiger charge is -2.04. The fraction of sp³-hybridized carbons (Fsp3) is 0.182. The Labute approximate surface area is 90.8 Å². The van der Waals surface area contributed by atoms with Crippen molar-refractivity contribution in [3.63, 3.8) is 0 Å². The molecule has 0 saturated carbocycles. The molecule has 0 saturated heterocycles. The maximum atomic E-state index is 13.8. The number of nitrogen functional groups attached to an aromatic ring is 1. The van der Waals surface area contributed by atoms with Crippen LogP contribution < -0.4 is 10.5 Å². The number of benzene rings is 1. The van der Waals surface area contributed by atoms with Gasteiger partial charge in [0.2, 0.25) is 0 Å². The van der Waals surface area contributed by atoms with E-state index in [0.717, 1.165) is 5.56 Å². The topological polar surface area (TPSA) is 61.3 Å². The summed E-state index contributed by atoms with van der Waals surface area (Å²) in [6.07, 6.45) is 0.670. The van der Waals surface area contributed by atoms with Crippen molar-refractivity contribution in [2.75, 3.05) is 12.3 Å². The number of anilines is 1. The van der Waals surface area contributed by atoms with E-state index in [1.54, 1.807) is 6.07 Å². The number of hydrogen-bond acceptors (Lipinski definition) is 4. The molecular weight excluding hydrogens is 211 g/mol. The summed E-state index contributed by atoms with van der Waals surface area (Å²) in [4.78, 5) is 0. The van der Waals surface area contributed by atoms with E-state index in [9.17, 15) is 4.39 Å². The van der Waals surface area contributed by atoms with E-state index in [1.807, 2.05) is 0 Å². The Balaban J connectivity index is 2.23. The van der Waals surface area contributed by atoms with E-state index in [0.29, 0.717) is 30.1 Å². The molecule has 2 N–H and O–H groups in total. The molecule has 2 heterocycles. The molecule has 0 atom stereocenters. The number of halogens is 1. The molecule has 0 aliphatic carbocycles. The Morgan fingerprint density at radius 2 is 2.25 bits per heavy atom. The van der Waals surface area contributed by atoms with E-state index in [-0.39, 0.29) is 11.6 Å². The van der Waals surface area contributed by atoms with Crippen LogP contribution in [0.15, 0.2) is 22.7 Å². The van der Waals surface area contributed by atoms with Crippen LogP contribution in [0.3, 0.4) is 0 Å². The Morgan fingerprint density at radius 1 is 1.38 bits per heavy atom. The molecule has 1 aromatic heterocycles. The first kappa shape index (κ1) is 9.21. The van der Waals surface area contributed by atoms with E-state index in [2.05, 4.69) is 5.16 Å². The van der Waals surface area contributed by atoms with Gasteiger partial charge in [-0.05, 0) is 12.1 Å². The van der Waals surface area contributed by atoms with Crippen molar-refractivity contribution in [2.45, 2.75) is 6.42 Å². The molecule has 0 spiro atoms. The van der Waals surface area contributed by atoms with Gasteiger partial charge in [0.1, 0.15) is 11.6 Å². The lowest BCUT2D eigenvalue weighted by Crippen LogP contribution is -1.89. The lowest BCUT2D eigenvalue weighted by molar-refractivity contribution is 0.356. The highest BCUT2D eigenvalue weighted by Crippen LogP contribution is 2.37. The zero-order valence-electron chi connectivity index (χ0n) is 8.37. The number of ether oxygens (including phenoxy) is 1. The molecule has 4 nitrogen and oxygen atoms in total. The molecule has 3 rings (SSSR count). The first-order chi connectivity index (χ1) is 7.75. The van der Waals surface area contributed by atoms with Crippen LogP contribution >= 0.6 is 0 Å². The molecule has 0 radical (unpaired) electrons. The predicted molar refractivity (Wildman–Crippen MR) is 55.5 cm³/mol. The summed E-state index contributed by atoms with van der Waals surface area (Å²) in [5.41, 5.74) is 6.67. The number of rotatable bonds is 1. The molecule has 16 heavy (non-hydrogen) atoms. The van der Waals surface area contributed by atoms with Crippen molar-refractivity contribution >= 4 is 5.82 Å². The second-order valence-corrected chi connectivity index (χ2v) is 3.61. The van der Waals surface area contributed by atoms with Crippen LogP contribution in [0.2, 0.25) is 0 Å². The second kappa shape index (κ2) is 3.23. The van der Waals surface area contributed by atoms with Gasteiger partial charge in [0, 0.05) is 18.1 Å². The summed E-state index contributed by atoms with van der Waals surface area (Å²) >= 11 is 0. The maximum Gasteiger partial charge on any atom is 0.172 e. The Hall–Kier alpha value is -2.04. The van der Waals surface area contributed by atoms with Gasteiger partial charge in [-0.25, -0.2) is 4.39 Å². The minimum absolute atomic E-state index is 0.242. The first-order valence-corrected chi connectivity index (χ1v) is 4.92. The van der Waals surface area contributed by atoms with Crippen molar-refractivity contribution in [3.8, 4) is 17.1 Å². The van der Waals surface area contributed by atoms with Gasteiger partial charge < -0.3 is 15.0 Å². The highest BCUT2D eigenvalue weighted by atomic mass is 19.1. The fourth-order valence-electron chi connectivity index (χ4n) is 1.92. The van der Waals surface area contributed by atoms with Crippen molar-refractivity contribution in [3.05, 3.63) is 29.6 Å². The average molecular weight is 220 g/mol. The molecule has 2 aromatic rings. The Kier molecular flexibility index (Phi) is 1.86. The zero-order chi connectivity index (χ0) is 11.1. The van der Waals surface area contributed by atoms with Gasteiger partial charge in [-0.2, -0.15) is 0 Å². The standard InChI is InChI=1S/C11H9FN2O2/c12-7-1-2-8-6(3-4-15-8)11(7)9-5-10(13)14-16-9/h1-2,5H,3-4H2,(H2,13,14). The van der Waals surface area contributed by atoms with Crippen LogP contribution in [0.1, 0.15) is 5.56 Å². The summed E-state index contributed by atoms with van der Waals surface area (Å²) < 4.78 is 24.1. The van der Waals surface area contributed by atoms with Crippen LogP contribution in [0.5, 0.6) is 5.75 Å². The van der Waals surface area contributed by atoms with Gasteiger partial charge in [0.05, 0.1) is 12.2 Å². The van der Waals surface area contributed by atoms with Crippen molar-refractivity contribution in [1.82, 2.24) is 5.16 Å². The summed E-state index contributed by atoms with van der Waals surface area (Å²) in [7, 11) is 0. The SMILES string of the molecule is Nc1cc(-c2c(F)ccc3c2CCO3)on1. The van der Waals surface area contributed by atoms with Gasteiger partial charge in [-0.1, -0.05) is 5.16 Å². The smallest absolute Gasteiger partial charge is 0.172 e. The van der Waals surface area contributed by atoms with Gasteiger partial charge in [-0.15, -0.1) is 0 Å². The highest BCUT2D eigenvalue weighted by Gasteiger charge is 2.23.